The number of hydrogen-bond acceptors (Lipinski definition) is 3. The molecule has 0 aliphatic rings. The zero-order valence-corrected chi connectivity index (χ0v) is 10.6. The Labute approximate surface area is 106 Å². The summed E-state index contributed by atoms with van der Waals surface area (Å²) in [6.45, 7) is 1.81. The Morgan fingerprint density at radius 1 is 1.39 bits per heavy atom. The number of alkyl halides is 4. The lowest BCUT2D eigenvalue weighted by Crippen LogP contribution is -2.32. The van der Waals surface area contributed by atoms with Gasteiger partial charge in [0.1, 0.15) is 23.7 Å². The maximum Gasteiger partial charge on any atom is 0.330 e. The zero-order valence-electron chi connectivity index (χ0n) is 9.77. The Morgan fingerprint density at radius 2 is 2.00 bits per heavy atom. The SMILES string of the molecule is Cc1[nH]c(COCC(F)(F)C(F)F)nc(=S)c1C. The number of halogens is 4. The molecule has 0 unspecified atom stereocenters. The summed E-state index contributed by atoms with van der Waals surface area (Å²) in [5.74, 6) is -3.93. The van der Waals surface area contributed by atoms with Crippen LogP contribution in [0.4, 0.5) is 17.6 Å². The third kappa shape index (κ3) is 3.74. The molecule has 0 saturated heterocycles. The molecule has 0 bridgehead atoms. The maximum absolute atomic E-state index is 12.5. The van der Waals surface area contributed by atoms with Crippen LogP contribution in [0.25, 0.3) is 0 Å². The Kier molecular flexibility index (Phi) is 4.80. The molecule has 0 saturated carbocycles. The molecule has 0 fully saturated rings. The van der Waals surface area contributed by atoms with Crippen molar-refractivity contribution in [2.45, 2.75) is 32.8 Å². The van der Waals surface area contributed by atoms with Gasteiger partial charge in [0.25, 0.3) is 0 Å². The topological polar surface area (TPSA) is 37.9 Å². The van der Waals surface area contributed by atoms with E-state index >= 15 is 0 Å². The highest BCUT2D eigenvalue weighted by Gasteiger charge is 2.40. The summed E-state index contributed by atoms with van der Waals surface area (Å²) in [5, 5.41) is 0. The molecule has 1 heterocycles. The zero-order chi connectivity index (χ0) is 13.9. The van der Waals surface area contributed by atoms with Crippen LogP contribution in [0.3, 0.4) is 0 Å². The van der Waals surface area contributed by atoms with Gasteiger partial charge in [0.2, 0.25) is 0 Å². The Hall–Kier alpha value is -1.02. The first-order valence-electron chi connectivity index (χ1n) is 5.04. The molecule has 1 aromatic rings. The predicted octanol–water partition coefficient (Wildman–Crippen LogP) is 3.17. The Morgan fingerprint density at radius 3 is 2.50 bits per heavy atom. The van der Waals surface area contributed by atoms with Crippen molar-refractivity contribution in [2.75, 3.05) is 6.61 Å². The third-order valence-electron chi connectivity index (χ3n) is 2.30. The summed E-state index contributed by atoms with van der Waals surface area (Å²) >= 11 is 4.94. The minimum absolute atomic E-state index is 0.230. The standard InChI is InChI=1S/C10H12F4N2OS/c1-5-6(2)15-7(16-8(5)18)3-17-4-10(13,14)9(11)12/h9H,3-4H2,1-2H3,(H,15,16,18). The fourth-order valence-corrected chi connectivity index (χ4v) is 1.38. The molecule has 0 amide bonds. The summed E-state index contributed by atoms with van der Waals surface area (Å²) in [7, 11) is 0. The number of aromatic amines is 1. The average molecular weight is 284 g/mol. The lowest BCUT2D eigenvalue weighted by atomic mass is 10.3. The van der Waals surface area contributed by atoms with E-state index in [1.807, 2.05) is 0 Å². The molecule has 8 heteroatoms. The van der Waals surface area contributed by atoms with Crippen molar-refractivity contribution in [1.82, 2.24) is 9.97 Å². The quantitative estimate of drug-likeness (QED) is 0.666. The molecule has 0 radical (unpaired) electrons. The van der Waals surface area contributed by atoms with Crippen molar-refractivity contribution in [3.8, 4) is 0 Å². The molecule has 18 heavy (non-hydrogen) atoms. The molecular formula is C10H12F4N2OS. The number of rotatable bonds is 5. The van der Waals surface area contributed by atoms with Crippen LogP contribution < -0.4 is 0 Å². The van der Waals surface area contributed by atoms with Crippen molar-refractivity contribution < 1.29 is 22.3 Å². The smallest absolute Gasteiger partial charge is 0.330 e. The molecule has 0 aromatic carbocycles. The number of hydrogen-bond donors (Lipinski definition) is 1. The van der Waals surface area contributed by atoms with Gasteiger partial charge in [-0.3, -0.25) is 0 Å². The first-order valence-corrected chi connectivity index (χ1v) is 5.45. The monoisotopic (exact) mass is 284 g/mol. The van der Waals surface area contributed by atoms with Gasteiger partial charge in [-0.05, 0) is 13.8 Å². The molecule has 0 aliphatic carbocycles. The number of nitrogens with zero attached hydrogens (tertiary/aromatic N) is 1. The first kappa shape index (κ1) is 15.0. The van der Waals surface area contributed by atoms with E-state index in [0.717, 1.165) is 11.3 Å². The first-order chi connectivity index (χ1) is 8.24. The van der Waals surface area contributed by atoms with E-state index in [-0.39, 0.29) is 12.4 Å². The van der Waals surface area contributed by atoms with Gasteiger partial charge in [-0.15, -0.1) is 0 Å². The van der Waals surface area contributed by atoms with Crippen LogP contribution in [0.1, 0.15) is 17.1 Å². The number of aryl methyl sites for hydroxylation is 1. The van der Waals surface area contributed by atoms with Crippen LogP contribution in [0.15, 0.2) is 0 Å². The van der Waals surface area contributed by atoms with Crippen LogP contribution >= 0.6 is 12.2 Å². The minimum atomic E-state index is -4.16. The van der Waals surface area contributed by atoms with Gasteiger partial charge in [0.15, 0.2) is 0 Å². The van der Waals surface area contributed by atoms with Crippen molar-refractivity contribution >= 4 is 12.2 Å². The van der Waals surface area contributed by atoms with E-state index in [0.29, 0.717) is 4.64 Å². The fourth-order valence-electron chi connectivity index (χ4n) is 1.12. The predicted molar refractivity (Wildman–Crippen MR) is 59.5 cm³/mol. The van der Waals surface area contributed by atoms with Gasteiger partial charge in [-0.25, -0.2) is 13.8 Å². The van der Waals surface area contributed by atoms with Gasteiger partial charge in [-0.2, -0.15) is 8.78 Å². The molecule has 3 nitrogen and oxygen atoms in total. The van der Waals surface area contributed by atoms with E-state index in [2.05, 4.69) is 14.7 Å². The largest absolute Gasteiger partial charge is 0.367 e. The van der Waals surface area contributed by atoms with Gasteiger partial charge >= 0.3 is 12.3 Å². The normalized spacial score (nSPS) is 12.2. The van der Waals surface area contributed by atoms with E-state index in [1.165, 1.54) is 0 Å². The maximum atomic E-state index is 12.5. The van der Waals surface area contributed by atoms with Crippen molar-refractivity contribution in [3.63, 3.8) is 0 Å². The molecule has 1 N–H and O–H groups in total. The molecule has 1 aromatic heterocycles. The van der Waals surface area contributed by atoms with Crippen LogP contribution in [-0.2, 0) is 11.3 Å². The fraction of sp³-hybridized carbons (Fsp3) is 0.600. The van der Waals surface area contributed by atoms with Crippen LogP contribution in [0.2, 0.25) is 0 Å². The summed E-state index contributed by atoms with van der Waals surface area (Å²) in [5.41, 5.74) is 1.50. The number of ether oxygens (including phenoxy) is 1. The second kappa shape index (κ2) is 5.75. The van der Waals surface area contributed by atoms with Crippen molar-refractivity contribution in [1.29, 1.82) is 0 Å². The number of aromatic nitrogens is 2. The van der Waals surface area contributed by atoms with E-state index < -0.39 is 19.0 Å². The second-order valence-corrected chi connectivity index (χ2v) is 4.18. The lowest BCUT2D eigenvalue weighted by Gasteiger charge is -2.15. The van der Waals surface area contributed by atoms with Gasteiger partial charge in [-0.1, -0.05) is 12.2 Å². The van der Waals surface area contributed by atoms with E-state index in [4.69, 9.17) is 12.2 Å². The van der Waals surface area contributed by atoms with Gasteiger partial charge in [0.05, 0.1) is 0 Å². The van der Waals surface area contributed by atoms with Gasteiger partial charge < -0.3 is 9.72 Å². The molecule has 1 rings (SSSR count). The molecular weight excluding hydrogens is 272 g/mol. The highest BCUT2D eigenvalue weighted by Crippen LogP contribution is 2.23. The molecule has 0 spiro atoms. The third-order valence-corrected chi connectivity index (χ3v) is 2.70. The average Bonchev–Trinajstić information content (AvgIpc) is 2.25. The van der Waals surface area contributed by atoms with Crippen molar-refractivity contribution in [2.24, 2.45) is 0 Å². The second-order valence-electron chi connectivity index (χ2n) is 3.79. The lowest BCUT2D eigenvalue weighted by molar-refractivity contribution is -0.168. The number of nitrogens with one attached hydrogen (secondary N) is 1. The molecule has 0 aliphatic heterocycles. The molecule has 102 valence electrons. The van der Waals surface area contributed by atoms with E-state index in [1.54, 1.807) is 13.8 Å². The summed E-state index contributed by atoms with van der Waals surface area (Å²) in [6.07, 6.45) is -3.75. The minimum Gasteiger partial charge on any atom is -0.367 e. The number of H-pyrrole nitrogens is 1. The van der Waals surface area contributed by atoms with Crippen LogP contribution in [0, 0.1) is 18.5 Å². The summed E-state index contributed by atoms with van der Waals surface area (Å²) in [6, 6.07) is 0. The van der Waals surface area contributed by atoms with Gasteiger partial charge in [0, 0.05) is 11.3 Å². The summed E-state index contributed by atoms with van der Waals surface area (Å²) in [4.78, 5) is 6.70. The van der Waals surface area contributed by atoms with Crippen LogP contribution in [0.5, 0.6) is 0 Å². The highest BCUT2D eigenvalue weighted by molar-refractivity contribution is 7.71. The summed E-state index contributed by atoms with van der Waals surface area (Å²) < 4.78 is 53.6. The molecule has 0 atom stereocenters. The Bertz CT molecular complexity index is 475. The highest BCUT2D eigenvalue weighted by atomic mass is 32.1. The van der Waals surface area contributed by atoms with Crippen LogP contribution in [-0.4, -0.2) is 28.9 Å². The van der Waals surface area contributed by atoms with E-state index in [9.17, 15) is 17.6 Å². The van der Waals surface area contributed by atoms with Crippen molar-refractivity contribution in [3.05, 3.63) is 21.7 Å². The Balaban J connectivity index is 2.63.